The minimum absolute atomic E-state index is 0.672. The average molecular weight is 193 g/mol. The second kappa shape index (κ2) is 3.71. The highest BCUT2D eigenvalue weighted by Gasteiger charge is 2.39. The van der Waals surface area contributed by atoms with Gasteiger partial charge in [-0.05, 0) is 25.8 Å². The third kappa shape index (κ3) is 1.81. The Morgan fingerprint density at radius 3 is 2.07 bits per heavy atom. The zero-order valence-corrected chi connectivity index (χ0v) is 9.12. The molecule has 0 bridgehead atoms. The van der Waals surface area contributed by atoms with E-state index in [2.05, 4.69) is 0 Å². The Bertz CT molecular complexity index is 289. The van der Waals surface area contributed by atoms with Gasteiger partial charge in [0.05, 0.1) is 11.1 Å². The van der Waals surface area contributed by atoms with Crippen molar-refractivity contribution in [3.63, 3.8) is 0 Å². The summed E-state index contributed by atoms with van der Waals surface area (Å²) < 4.78 is 0. The highest BCUT2D eigenvalue weighted by molar-refractivity contribution is 5.27. The van der Waals surface area contributed by atoms with E-state index in [1.165, 1.54) is 0 Å². The van der Waals surface area contributed by atoms with Crippen LogP contribution in [0.4, 0.5) is 0 Å². The van der Waals surface area contributed by atoms with Crippen molar-refractivity contribution in [3.05, 3.63) is 35.9 Å². The summed E-state index contributed by atoms with van der Waals surface area (Å²) in [6.07, 6.45) is 0.709. The average Bonchev–Trinajstić information content (AvgIpc) is 2.16. The molecule has 1 unspecified atom stereocenters. The Hall–Kier alpha value is -0.860. The Labute approximate surface area is 85.8 Å². The van der Waals surface area contributed by atoms with Crippen LogP contribution in [-0.4, -0.2) is 10.7 Å². The Kier molecular flexibility index (Phi) is 2.98. The molecule has 1 rings (SSSR count). The lowest BCUT2D eigenvalue weighted by atomic mass is 9.75. The van der Waals surface area contributed by atoms with E-state index in [4.69, 9.17) is 5.73 Å². The lowest BCUT2D eigenvalue weighted by Crippen LogP contribution is -2.54. The van der Waals surface area contributed by atoms with Gasteiger partial charge in [0.2, 0.25) is 0 Å². The van der Waals surface area contributed by atoms with Gasteiger partial charge in [-0.15, -0.1) is 0 Å². The van der Waals surface area contributed by atoms with Gasteiger partial charge < -0.3 is 10.8 Å². The number of rotatable bonds is 3. The van der Waals surface area contributed by atoms with Gasteiger partial charge in [-0.3, -0.25) is 0 Å². The van der Waals surface area contributed by atoms with Crippen LogP contribution in [0.15, 0.2) is 30.3 Å². The third-order valence-electron chi connectivity index (χ3n) is 2.94. The summed E-state index contributed by atoms with van der Waals surface area (Å²) in [5, 5.41) is 10.1. The molecule has 0 aromatic heterocycles. The molecule has 3 N–H and O–H groups in total. The number of hydrogen-bond acceptors (Lipinski definition) is 2. The van der Waals surface area contributed by atoms with Crippen LogP contribution < -0.4 is 5.73 Å². The highest BCUT2D eigenvalue weighted by Crippen LogP contribution is 2.32. The maximum Gasteiger partial charge on any atom is 0.0811 e. The number of hydrogen-bond donors (Lipinski definition) is 2. The first kappa shape index (κ1) is 11.2. The molecule has 0 saturated carbocycles. The molecule has 0 aliphatic rings. The van der Waals surface area contributed by atoms with E-state index < -0.39 is 11.1 Å². The van der Waals surface area contributed by atoms with Gasteiger partial charge in [0.25, 0.3) is 0 Å². The van der Waals surface area contributed by atoms with E-state index >= 15 is 0 Å². The van der Waals surface area contributed by atoms with Crippen molar-refractivity contribution in [2.45, 2.75) is 38.3 Å². The summed E-state index contributed by atoms with van der Waals surface area (Å²) in [5.74, 6) is 0. The Morgan fingerprint density at radius 1 is 1.21 bits per heavy atom. The summed E-state index contributed by atoms with van der Waals surface area (Å²) in [6.45, 7) is 5.50. The molecule has 0 fully saturated rings. The molecular formula is C12H19NO. The molecule has 0 aliphatic carbocycles. The van der Waals surface area contributed by atoms with E-state index in [-0.39, 0.29) is 0 Å². The van der Waals surface area contributed by atoms with Crippen molar-refractivity contribution < 1.29 is 5.11 Å². The molecule has 1 atom stereocenters. The van der Waals surface area contributed by atoms with Crippen molar-refractivity contribution in [1.82, 2.24) is 0 Å². The van der Waals surface area contributed by atoms with Crippen LogP contribution in [-0.2, 0) is 5.54 Å². The number of aliphatic hydroxyl groups is 1. The molecule has 2 nitrogen and oxygen atoms in total. The zero-order valence-electron chi connectivity index (χ0n) is 9.12. The normalized spacial score (nSPS) is 16.4. The number of benzene rings is 1. The van der Waals surface area contributed by atoms with Crippen molar-refractivity contribution in [3.8, 4) is 0 Å². The maximum absolute atomic E-state index is 10.1. The lowest BCUT2D eigenvalue weighted by Gasteiger charge is -2.40. The first-order chi connectivity index (χ1) is 6.42. The quantitative estimate of drug-likeness (QED) is 0.771. The molecule has 14 heavy (non-hydrogen) atoms. The van der Waals surface area contributed by atoms with Crippen molar-refractivity contribution in [2.24, 2.45) is 5.73 Å². The maximum atomic E-state index is 10.1. The van der Waals surface area contributed by atoms with Crippen LogP contribution in [0.2, 0.25) is 0 Å². The van der Waals surface area contributed by atoms with E-state index in [9.17, 15) is 5.11 Å². The first-order valence-electron chi connectivity index (χ1n) is 4.98. The summed E-state index contributed by atoms with van der Waals surface area (Å²) in [7, 11) is 0. The van der Waals surface area contributed by atoms with Gasteiger partial charge in [-0.25, -0.2) is 0 Å². The standard InChI is InChI=1S/C12H19NO/c1-4-12(13,11(2,3)14)10-8-6-5-7-9-10/h5-9,14H,4,13H2,1-3H3. The predicted molar refractivity (Wildman–Crippen MR) is 58.9 cm³/mol. The van der Waals surface area contributed by atoms with Gasteiger partial charge in [0.15, 0.2) is 0 Å². The molecule has 1 aromatic carbocycles. The molecule has 78 valence electrons. The van der Waals surface area contributed by atoms with Gasteiger partial charge in [0.1, 0.15) is 0 Å². The summed E-state index contributed by atoms with van der Waals surface area (Å²) >= 11 is 0. The fourth-order valence-electron chi connectivity index (χ4n) is 1.73. The Balaban J connectivity index is 3.15. The predicted octanol–water partition coefficient (Wildman–Crippen LogP) is 2.02. The van der Waals surface area contributed by atoms with Gasteiger partial charge in [-0.2, -0.15) is 0 Å². The van der Waals surface area contributed by atoms with Crippen LogP contribution in [0.1, 0.15) is 32.8 Å². The zero-order chi connectivity index (χ0) is 10.8. The largest absolute Gasteiger partial charge is 0.388 e. The fourth-order valence-corrected chi connectivity index (χ4v) is 1.73. The van der Waals surface area contributed by atoms with E-state index in [0.29, 0.717) is 6.42 Å². The Morgan fingerprint density at radius 2 is 1.71 bits per heavy atom. The summed E-state index contributed by atoms with van der Waals surface area (Å²) in [5.41, 5.74) is 5.64. The van der Waals surface area contributed by atoms with Gasteiger partial charge >= 0.3 is 0 Å². The second-order valence-electron chi connectivity index (χ2n) is 4.25. The van der Waals surface area contributed by atoms with Crippen molar-refractivity contribution in [1.29, 1.82) is 0 Å². The summed E-state index contributed by atoms with van der Waals surface area (Å²) in [6, 6.07) is 9.75. The minimum atomic E-state index is -0.914. The van der Waals surface area contributed by atoms with Crippen LogP contribution >= 0.6 is 0 Å². The second-order valence-corrected chi connectivity index (χ2v) is 4.25. The molecule has 2 heteroatoms. The van der Waals surface area contributed by atoms with Gasteiger partial charge in [-0.1, -0.05) is 37.3 Å². The molecular weight excluding hydrogens is 174 g/mol. The van der Waals surface area contributed by atoms with Crippen molar-refractivity contribution in [2.75, 3.05) is 0 Å². The monoisotopic (exact) mass is 193 g/mol. The van der Waals surface area contributed by atoms with Crippen LogP contribution in [0.5, 0.6) is 0 Å². The third-order valence-corrected chi connectivity index (χ3v) is 2.94. The molecule has 0 radical (unpaired) electrons. The smallest absolute Gasteiger partial charge is 0.0811 e. The first-order valence-corrected chi connectivity index (χ1v) is 4.98. The molecule has 1 aromatic rings. The van der Waals surface area contributed by atoms with Crippen LogP contribution in [0.25, 0.3) is 0 Å². The van der Waals surface area contributed by atoms with E-state index in [1.54, 1.807) is 13.8 Å². The minimum Gasteiger partial charge on any atom is -0.388 e. The topological polar surface area (TPSA) is 46.2 Å². The van der Waals surface area contributed by atoms with Crippen molar-refractivity contribution >= 4 is 0 Å². The van der Waals surface area contributed by atoms with Gasteiger partial charge in [0, 0.05) is 0 Å². The molecule has 0 spiro atoms. The van der Waals surface area contributed by atoms with Crippen LogP contribution in [0, 0.1) is 0 Å². The molecule has 0 saturated heterocycles. The molecule has 0 heterocycles. The van der Waals surface area contributed by atoms with E-state index in [0.717, 1.165) is 5.56 Å². The number of nitrogens with two attached hydrogens (primary N) is 1. The van der Waals surface area contributed by atoms with E-state index in [1.807, 2.05) is 37.3 Å². The fraction of sp³-hybridized carbons (Fsp3) is 0.500. The SMILES string of the molecule is CCC(N)(c1ccccc1)C(C)(C)O. The molecule has 0 aliphatic heterocycles. The summed E-state index contributed by atoms with van der Waals surface area (Å²) in [4.78, 5) is 0. The highest BCUT2D eigenvalue weighted by atomic mass is 16.3. The van der Waals surface area contributed by atoms with Crippen LogP contribution in [0.3, 0.4) is 0 Å². The molecule has 0 amide bonds. The lowest BCUT2D eigenvalue weighted by molar-refractivity contribution is -0.00739.